The van der Waals surface area contributed by atoms with Gasteiger partial charge in [0.25, 0.3) is 0 Å². The maximum absolute atomic E-state index is 4.69. The van der Waals surface area contributed by atoms with E-state index in [0.717, 1.165) is 17.2 Å². The molecule has 2 aromatic rings. The molecule has 0 fully saturated rings. The Balaban J connectivity index is 2.23. The van der Waals surface area contributed by atoms with E-state index in [4.69, 9.17) is 4.98 Å². The third kappa shape index (κ3) is 2.34. The van der Waals surface area contributed by atoms with Crippen LogP contribution in [-0.4, -0.2) is 11.5 Å². The Morgan fingerprint density at radius 3 is 2.81 bits per heavy atom. The minimum absolute atomic E-state index is 0.342. The van der Waals surface area contributed by atoms with E-state index in [9.17, 15) is 0 Å². The fraction of sp³-hybridized carbons (Fsp3) is 0.417. The molecular weight excluding hydrogens is 236 g/mol. The zero-order valence-corrected chi connectivity index (χ0v) is 11.4. The van der Waals surface area contributed by atoms with Crippen LogP contribution < -0.4 is 5.32 Å². The summed E-state index contributed by atoms with van der Waals surface area (Å²) in [5.74, 6) is 0. The molecule has 0 amide bonds. The number of hydrogen-bond acceptors (Lipinski definition) is 4. The molecule has 4 heteroatoms. The Hall–Kier alpha value is -0.710. The van der Waals surface area contributed by atoms with E-state index in [0.29, 0.717) is 6.04 Å². The van der Waals surface area contributed by atoms with Crippen molar-refractivity contribution in [2.45, 2.75) is 26.8 Å². The summed E-state index contributed by atoms with van der Waals surface area (Å²) < 4.78 is 0. The average Bonchev–Trinajstić information content (AvgIpc) is 2.86. The Labute approximate surface area is 104 Å². The number of rotatable bonds is 4. The minimum atomic E-state index is 0.342. The summed E-state index contributed by atoms with van der Waals surface area (Å²) in [5.41, 5.74) is 3.75. The van der Waals surface area contributed by atoms with Crippen molar-refractivity contribution >= 4 is 22.7 Å². The van der Waals surface area contributed by atoms with Crippen LogP contribution in [0.2, 0.25) is 0 Å². The Kier molecular flexibility index (Phi) is 3.74. The first-order valence-electron chi connectivity index (χ1n) is 5.44. The van der Waals surface area contributed by atoms with E-state index in [1.165, 1.54) is 11.1 Å². The predicted molar refractivity (Wildman–Crippen MR) is 72.3 cm³/mol. The van der Waals surface area contributed by atoms with Crippen LogP contribution in [0.4, 0.5) is 0 Å². The van der Waals surface area contributed by atoms with Gasteiger partial charge in [-0.25, -0.2) is 4.98 Å². The first kappa shape index (κ1) is 11.8. The third-order valence-electron chi connectivity index (χ3n) is 2.56. The first-order chi connectivity index (χ1) is 7.72. The molecule has 0 aliphatic heterocycles. The smallest absolute Gasteiger partial charge is 0.124 e. The van der Waals surface area contributed by atoms with Gasteiger partial charge in [-0.3, -0.25) is 0 Å². The van der Waals surface area contributed by atoms with Gasteiger partial charge in [-0.1, -0.05) is 6.92 Å². The van der Waals surface area contributed by atoms with Gasteiger partial charge in [0.2, 0.25) is 0 Å². The highest BCUT2D eigenvalue weighted by molar-refractivity contribution is 7.14. The lowest BCUT2D eigenvalue weighted by Gasteiger charge is -2.08. The van der Waals surface area contributed by atoms with E-state index in [2.05, 4.69) is 42.2 Å². The second-order valence-corrected chi connectivity index (χ2v) is 5.43. The highest BCUT2D eigenvalue weighted by atomic mass is 32.1. The van der Waals surface area contributed by atoms with Crippen LogP contribution in [0.5, 0.6) is 0 Å². The molecule has 2 heterocycles. The summed E-state index contributed by atoms with van der Waals surface area (Å²) in [6, 6.07) is 0.342. The van der Waals surface area contributed by atoms with E-state index < -0.39 is 0 Å². The van der Waals surface area contributed by atoms with Crippen molar-refractivity contribution in [3.8, 4) is 10.6 Å². The lowest BCUT2D eigenvalue weighted by atomic mass is 10.2. The molecule has 0 aromatic carbocycles. The van der Waals surface area contributed by atoms with Crippen molar-refractivity contribution in [1.82, 2.24) is 10.3 Å². The van der Waals surface area contributed by atoms with Crippen LogP contribution in [-0.2, 0) is 0 Å². The Bertz CT molecular complexity index is 459. The molecule has 0 bridgehead atoms. The number of aryl methyl sites for hydroxylation is 1. The van der Waals surface area contributed by atoms with Gasteiger partial charge >= 0.3 is 0 Å². The molecule has 2 aromatic heterocycles. The van der Waals surface area contributed by atoms with Gasteiger partial charge in [0, 0.05) is 22.4 Å². The molecule has 1 unspecified atom stereocenters. The zero-order chi connectivity index (χ0) is 11.5. The molecule has 0 saturated carbocycles. The van der Waals surface area contributed by atoms with E-state index >= 15 is 0 Å². The number of nitrogens with zero attached hydrogens (tertiary/aromatic N) is 1. The largest absolute Gasteiger partial charge is 0.309 e. The van der Waals surface area contributed by atoms with Crippen molar-refractivity contribution in [2.75, 3.05) is 6.54 Å². The van der Waals surface area contributed by atoms with E-state index in [-0.39, 0.29) is 0 Å². The SMILES string of the molecule is CCNC(C)c1csc(-c2cscc2C)n1. The average molecular weight is 252 g/mol. The molecule has 16 heavy (non-hydrogen) atoms. The van der Waals surface area contributed by atoms with Crippen LogP contribution in [0.1, 0.15) is 31.1 Å². The fourth-order valence-electron chi connectivity index (χ4n) is 1.60. The monoisotopic (exact) mass is 252 g/mol. The van der Waals surface area contributed by atoms with Crippen molar-refractivity contribution in [3.63, 3.8) is 0 Å². The molecule has 0 saturated heterocycles. The highest BCUT2D eigenvalue weighted by Gasteiger charge is 2.11. The molecule has 2 nitrogen and oxygen atoms in total. The van der Waals surface area contributed by atoms with Crippen molar-refractivity contribution in [2.24, 2.45) is 0 Å². The second-order valence-electron chi connectivity index (χ2n) is 3.83. The summed E-state index contributed by atoms with van der Waals surface area (Å²) in [6.45, 7) is 7.39. The maximum atomic E-state index is 4.69. The summed E-state index contributed by atoms with van der Waals surface area (Å²) >= 11 is 3.47. The molecule has 0 aliphatic carbocycles. The van der Waals surface area contributed by atoms with Gasteiger partial charge in [-0.15, -0.1) is 11.3 Å². The standard InChI is InChI=1S/C12H16N2S2/c1-4-13-9(3)11-7-16-12(14-11)10-6-15-5-8(10)2/h5-7,9,13H,4H2,1-3H3. The molecular formula is C12H16N2S2. The summed E-state index contributed by atoms with van der Waals surface area (Å²) in [5, 5.41) is 11.0. The first-order valence-corrected chi connectivity index (χ1v) is 7.26. The number of nitrogens with one attached hydrogen (secondary N) is 1. The molecule has 1 atom stereocenters. The predicted octanol–water partition coefficient (Wildman–Crippen LogP) is 3.85. The number of thiophene rings is 1. The molecule has 0 aliphatic rings. The van der Waals surface area contributed by atoms with Gasteiger partial charge in [0.15, 0.2) is 0 Å². The van der Waals surface area contributed by atoms with Crippen LogP contribution in [0.3, 0.4) is 0 Å². The van der Waals surface area contributed by atoms with E-state index in [1.807, 2.05) is 0 Å². The van der Waals surface area contributed by atoms with Crippen molar-refractivity contribution < 1.29 is 0 Å². The van der Waals surface area contributed by atoms with Crippen LogP contribution in [0.25, 0.3) is 10.6 Å². The fourth-order valence-corrected chi connectivity index (χ4v) is 3.50. The zero-order valence-electron chi connectivity index (χ0n) is 9.78. The van der Waals surface area contributed by atoms with Crippen molar-refractivity contribution in [3.05, 3.63) is 27.4 Å². The van der Waals surface area contributed by atoms with Gasteiger partial charge in [0.05, 0.1) is 5.69 Å². The second kappa shape index (κ2) is 5.08. The van der Waals surface area contributed by atoms with Gasteiger partial charge in [-0.05, 0) is 31.3 Å². The Morgan fingerprint density at radius 2 is 2.19 bits per heavy atom. The van der Waals surface area contributed by atoms with Crippen LogP contribution in [0.15, 0.2) is 16.1 Å². The maximum Gasteiger partial charge on any atom is 0.124 e. The normalized spacial score (nSPS) is 12.9. The Morgan fingerprint density at radius 1 is 1.38 bits per heavy atom. The number of hydrogen-bond donors (Lipinski definition) is 1. The van der Waals surface area contributed by atoms with Crippen molar-refractivity contribution in [1.29, 1.82) is 0 Å². The molecule has 0 spiro atoms. The third-order valence-corrected chi connectivity index (χ3v) is 4.32. The summed E-state index contributed by atoms with van der Waals surface area (Å²) in [6.07, 6.45) is 0. The quantitative estimate of drug-likeness (QED) is 0.894. The van der Waals surface area contributed by atoms with Crippen LogP contribution in [0, 0.1) is 6.92 Å². The molecule has 86 valence electrons. The minimum Gasteiger partial charge on any atom is -0.309 e. The van der Waals surface area contributed by atoms with Gasteiger partial charge in [0.1, 0.15) is 5.01 Å². The number of aromatic nitrogens is 1. The van der Waals surface area contributed by atoms with E-state index in [1.54, 1.807) is 22.7 Å². The lowest BCUT2D eigenvalue weighted by Crippen LogP contribution is -2.17. The van der Waals surface area contributed by atoms with Gasteiger partial charge < -0.3 is 5.32 Å². The van der Waals surface area contributed by atoms with Crippen LogP contribution >= 0.6 is 22.7 Å². The molecule has 2 rings (SSSR count). The summed E-state index contributed by atoms with van der Waals surface area (Å²) in [4.78, 5) is 4.69. The molecule has 0 radical (unpaired) electrons. The molecule has 1 N–H and O–H groups in total. The number of thiazole rings is 1. The highest BCUT2D eigenvalue weighted by Crippen LogP contribution is 2.30. The lowest BCUT2D eigenvalue weighted by molar-refractivity contribution is 0.587. The topological polar surface area (TPSA) is 24.9 Å². The van der Waals surface area contributed by atoms with Gasteiger partial charge in [-0.2, -0.15) is 11.3 Å². The summed E-state index contributed by atoms with van der Waals surface area (Å²) in [7, 11) is 0.